The van der Waals surface area contributed by atoms with Gasteiger partial charge in [-0.2, -0.15) is 0 Å². The fourth-order valence-corrected chi connectivity index (χ4v) is 2.84. The predicted octanol–water partition coefficient (Wildman–Crippen LogP) is 3.50. The van der Waals surface area contributed by atoms with Gasteiger partial charge in [-0.3, -0.25) is 4.98 Å². The fraction of sp³-hybridized carbons (Fsp3) is 0.273. The van der Waals surface area contributed by atoms with E-state index in [9.17, 15) is 0 Å². The molecule has 0 aliphatic rings. The molecule has 2 heterocycles. The maximum absolute atomic E-state index is 6.04. The van der Waals surface area contributed by atoms with Crippen molar-refractivity contribution in [2.24, 2.45) is 7.05 Å². The summed E-state index contributed by atoms with van der Waals surface area (Å²) in [5.74, 6) is 1.24. The van der Waals surface area contributed by atoms with Gasteiger partial charge in [0.25, 0.3) is 0 Å². The minimum atomic E-state index is 0.472. The third-order valence-corrected chi connectivity index (χ3v) is 4.10. The summed E-state index contributed by atoms with van der Waals surface area (Å²) in [7, 11) is 1.96. The predicted molar refractivity (Wildman–Crippen MR) is 71.6 cm³/mol. The maximum Gasteiger partial charge on any atom is 0.168 e. The Labute approximate surface area is 114 Å². The molecule has 0 fully saturated rings. The van der Waals surface area contributed by atoms with Gasteiger partial charge < -0.3 is 4.57 Å². The van der Waals surface area contributed by atoms with Crippen molar-refractivity contribution in [3.63, 3.8) is 0 Å². The van der Waals surface area contributed by atoms with E-state index in [0.717, 1.165) is 22.2 Å². The smallest absolute Gasteiger partial charge is 0.168 e. The molecule has 2 rings (SSSR count). The number of thioether (sulfide) groups is 1. The first kappa shape index (κ1) is 12.7. The van der Waals surface area contributed by atoms with E-state index in [1.807, 2.05) is 17.7 Å². The van der Waals surface area contributed by atoms with E-state index in [1.54, 1.807) is 30.4 Å². The average molecular weight is 288 g/mol. The van der Waals surface area contributed by atoms with Crippen LogP contribution in [0, 0.1) is 0 Å². The standard InChI is InChI=1S/C11H11Cl2N3S/c1-16-9(4-12)5-15-11(16)17-7-8-2-3-14-6-10(8)13/h2-3,5-6H,4,7H2,1H3. The second-order valence-electron chi connectivity index (χ2n) is 3.48. The lowest BCUT2D eigenvalue weighted by atomic mass is 10.3. The summed E-state index contributed by atoms with van der Waals surface area (Å²) >= 11 is 13.5. The fourth-order valence-electron chi connectivity index (χ4n) is 1.35. The van der Waals surface area contributed by atoms with Crippen LogP contribution in [-0.2, 0) is 18.7 Å². The molecule has 90 valence electrons. The van der Waals surface area contributed by atoms with Crippen LogP contribution in [-0.4, -0.2) is 14.5 Å². The molecule has 0 aliphatic carbocycles. The molecule has 0 atom stereocenters. The highest BCUT2D eigenvalue weighted by molar-refractivity contribution is 7.98. The van der Waals surface area contributed by atoms with Crippen LogP contribution in [0.1, 0.15) is 11.3 Å². The molecule has 0 N–H and O–H groups in total. The van der Waals surface area contributed by atoms with Gasteiger partial charge in [0.2, 0.25) is 0 Å². The first-order valence-corrected chi connectivity index (χ1v) is 6.90. The lowest BCUT2D eigenvalue weighted by Gasteiger charge is -2.04. The van der Waals surface area contributed by atoms with E-state index in [0.29, 0.717) is 10.9 Å². The molecular formula is C11H11Cl2N3S. The molecule has 0 unspecified atom stereocenters. The molecule has 17 heavy (non-hydrogen) atoms. The van der Waals surface area contributed by atoms with Gasteiger partial charge in [0.1, 0.15) is 0 Å². The van der Waals surface area contributed by atoms with Crippen LogP contribution in [0.4, 0.5) is 0 Å². The van der Waals surface area contributed by atoms with Crippen molar-refractivity contribution in [3.8, 4) is 0 Å². The number of aromatic nitrogens is 3. The molecule has 0 saturated carbocycles. The molecule has 0 radical (unpaired) electrons. The third-order valence-electron chi connectivity index (χ3n) is 2.39. The van der Waals surface area contributed by atoms with E-state index < -0.39 is 0 Å². The van der Waals surface area contributed by atoms with Crippen LogP contribution in [0.3, 0.4) is 0 Å². The van der Waals surface area contributed by atoms with Crippen molar-refractivity contribution in [3.05, 3.63) is 40.9 Å². The Bertz CT molecular complexity index is 513. The minimum Gasteiger partial charge on any atom is -0.325 e. The van der Waals surface area contributed by atoms with Crippen LogP contribution in [0.2, 0.25) is 5.02 Å². The highest BCUT2D eigenvalue weighted by atomic mass is 35.5. The van der Waals surface area contributed by atoms with Crippen LogP contribution >= 0.6 is 35.0 Å². The Hall–Kier alpha value is -0.710. The van der Waals surface area contributed by atoms with Gasteiger partial charge in [-0.15, -0.1) is 11.6 Å². The van der Waals surface area contributed by atoms with E-state index >= 15 is 0 Å². The number of pyridine rings is 1. The van der Waals surface area contributed by atoms with Crippen LogP contribution in [0.5, 0.6) is 0 Å². The Kier molecular flexibility index (Phi) is 4.31. The zero-order chi connectivity index (χ0) is 12.3. The molecular weight excluding hydrogens is 277 g/mol. The molecule has 0 aliphatic heterocycles. The zero-order valence-electron chi connectivity index (χ0n) is 9.23. The molecule has 2 aromatic rings. The lowest BCUT2D eigenvalue weighted by Crippen LogP contribution is -1.95. The van der Waals surface area contributed by atoms with Crippen molar-refractivity contribution >= 4 is 35.0 Å². The van der Waals surface area contributed by atoms with Crippen molar-refractivity contribution < 1.29 is 0 Å². The van der Waals surface area contributed by atoms with Crippen molar-refractivity contribution in [2.75, 3.05) is 0 Å². The van der Waals surface area contributed by atoms with Crippen LogP contribution in [0.15, 0.2) is 29.8 Å². The second-order valence-corrected chi connectivity index (χ2v) is 5.10. The molecule has 2 aromatic heterocycles. The number of hydrogen-bond acceptors (Lipinski definition) is 3. The van der Waals surface area contributed by atoms with Crippen molar-refractivity contribution in [1.82, 2.24) is 14.5 Å². The summed E-state index contributed by atoms with van der Waals surface area (Å²) in [5.41, 5.74) is 2.07. The normalized spacial score (nSPS) is 10.8. The van der Waals surface area contributed by atoms with Gasteiger partial charge in [-0.1, -0.05) is 23.4 Å². The van der Waals surface area contributed by atoms with Crippen LogP contribution < -0.4 is 0 Å². The Morgan fingerprint density at radius 1 is 1.41 bits per heavy atom. The summed E-state index contributed by atoms with van der Waals surface area (Å²) < 4.78 is 1.99. The zero-order valence-corrected chi connectivity index (χ0v) is 11.6. The van der Waals surface area contributed by atoms with Gasteiger partial charge in [0.05, 0.1) is 22.8 Å². The molecule has 0 aromatic carbocycles. The number of hydrogen-bond donors (Lipinski definition) is 0. The van der Waals surface area contributed by atoms with Gasteiger partial charge in [-0.05, 0) is 11.6 Å². The lowest BCUT2D eigenvalue weighted by molar-refractivity contribution is 0.761. The van der Waals surface area contributed by atoms with Gasteiger partial charge in [0.15, 0.2) is 5.16 Å². The summed E-state index contributed by atoms with van der Waals surface area (Å²) in [6.45, 7) is 0. The van der Waals surface area contributed by atoms with Gasteiger partial charge in [0, 0.05) is 25.2 Å². The highest BCUT2D eigenvalue weighted by Gasteiger charge is 2.07. The van der Waals surface area contributed by atoms with E-state index in [4.69, 9.17) is 23.2 Å². The van der Waals surface area contributed by atoms with Crippen molar-refractivity contribution in [1.29, 1.82) is 0 Å². The first-order chi connectivity index (χ1) is 8.22. The molecule has 0 spiro atoms. The maximum atomic E-state index is 6.04. The third kappa shape index (κ3) is 2.94. The molecule has 0 amide bonds. The summed E-state index contributed by atoms with van der Waals surface area (Å²) in [5, 5.41) is 1.63. The summed E-state index contributed by atoms with van der Waals surface area (Å²) in [6, 6.07) is 1.92. The monoisotopic (exact) mass is 287 g/mol. The average Bonchev–Trinajstić information content (AvgIpc) is 2.69. The van der Waals surface area contributed by atoms with E-state index in [-0.39, 0.29) is 0 Å². The number of nitrogens with zero attached hydrogens (tertiary/aromatic N) is 3. The SMILES string of the molecule is Cn1c(CCl)cnc1SCc1ccncc1Cl. The molecule has 0 saturated heterocycles. The largest absolute Gasteiger partial charge is 0.325 e. The number of rotatable bonds is 4. The van der Waals surface area contributed by atoms with E-state index in [1.165, 1.54) is 0 Å². The van der Waals surface area contributed by atoms with Crippen molar-refractivity contribution in [2.45, 2.75) is 16.8 Å². The Morgan fingerprint density at radius 3 is 2.88 bits per heavy atom. The van der Waals surface area contributed by atoms with E-state index in [2.05, 4.69) is 9.97 Å². The number of imidazole rings is 1. The summed E-state index contributed by atoms with van der Waals surface area (Å²) in [4.78, 5) is 8.27. The molecule has 3 nitrogen and oxygen atoms in total. The molecule has 0 bridgehead atoms. The molecule has 6 heteroatoms. The number of alkyl halides is 1. The van der Waals surface area contributed by atoms with Gasteiger partial charge in [-0.25, -0.2) is 4.98 Å². The minimum absolute atomic E-state index is 0.472. The van der Waals surface area contributed by atoms with Crippen LogP contribution in [0.25, 0.3) is 0 Å². The highest BCUT2D eigenvalue weighted by Crippen LogP contribution is 2.25. The topological polar surface area (TPSA) is 30.7 Å². The first-order valence-electron chi connectivity index (χ1n) is 5.00. The number of halogens is 2. The second kappa shape index (κ2) is 5.76. The Morgan fingerprint density at radius 2 is 2.24 bits per heavy atom. The Balaban J connectivity index is 2.07. The van der Waals surface area contributed by atoms with Gasteiger partial charge >= 0.3 is 0 Å². The quantitative estimate of drug-likeness (QED) is 0.637. The summed E-state index contributed by atoms with van der Waals surface area (Å²) in [6.07, 6.45) is 5.19.